The summed E-state index contributed by atoms with van der Waals surface area (Å²) < 4.78 is 5.48. The minimum Gasteiger partial charge on any atom is -0.484 e. The van der Waals surface area contributed by atoms with Gasteiger partial charge in [-0.05, 0) is 49.2 Å². The summed E-state index contributed by atoms with van der Waals surface area (Å²) in [6.45, 7) is 3.22. The molecule has 31 heavy (non-hydrogen) atoms. The molecule has 1 aliphatic carbocycles. The Kier molecular flexibility index (Phi) is 7.07. The lowest BCUT2D eigenvalue weighted by atomic mass is 9.88. The number of hydrogen-bond donors (Lipinski definition) is 1. The van der Waals surface area contributed by atoms with Gasteiger partial charge in [0.15, 0.2) is 6.61 Å². The number of carbonyl (C=O) groups is 2. The summed E-state index contributed by atoms with van der Waals surface area (Å²) in [6.07, 6.45) is 5.77. The number of piperazine rings is 1. The van der Waals surface area contributed by atoms with Crippen LogP contribution in [0.4, 0.5) is 11.4 Å². The van der Waals surface area contributed by atoms with Crippen molar-refractivity contribution in [3.8, 4) is 5.75 Å². The number of nitrogens with one attached hydrogen (secondary N) is 1. The Labute approximate surface area is 184 Å². The van der Waals surface area contributed by atoms with Gasteiger partial charge < -0.3 is 19.9 Å². The summed E-state index contributed by atoms with van der Waals surface area (Å²) in [7, 11) is 0. The summed E-state index contributed by atoms with van der Waals surface area (Å²) in [5, 5.41) is 2.87. The molecule has 1 saturated heterocycles. The molecule has 0 bridgehead atoms. The van der Waals surface area contributed by atoms with E-state index < -0.39 is 0 Å². The van der Waals surface area contributed by atoms with E-state index >= 15 is 0 Å². The second-order valence-corrected chi connectivity index (χ2v) is 8.34. The Hall–Kier alpha value is -3.02. The van der Waals surface area contributed by atoms with Crippen LogP contribution in [0, 0.1) is 5.92 Å². The zero-order chi connectivity index (χ0) is 21.5. The van der Waals surface area contributed by atoms with Crippen LogP contribution in [0.1, 0.15) is 32.1 Å². The fourth-order valence-corrected chi connectivity index (χ4v) is 4.41. The average Bonchev–Trinajstić information content (AvgIpc) is 2.84. The van der Waals surface area contributed by atoms with E-state index in [1.54, 1.807) is 0 Å². The lowest BCUT2D eigenvalue weighted by Gasteiger charge is -2.38. The van der Waals surface area contributed by atoms with Gasteiger partial charge in [-0.15, -0.1) is 0 Å². The highest BCUT2D eigenvalue weighted by Crippen LogP contribution is 2.26. The van der Waals surface area contributed by atoms with Gasteiger partial charge in [0.05, 0.1) is 0 Å². The third-order valence-corrected chi connectivity index (χ3v) is 6.18. The molecule has 2 amide bonds. The number of amides is 2. The maximum absolute atomic E-state index is 12.7. The SMILES string of the molecule is O=C(COc1ccccc1)Nc1ccc(N2CCN(C(=O)C3CCCCC3)CC2)cc1. The molecule has 4 rings (SSSR count). The molecule has 2 aromatic rings. The van der Waals surface area contributed by atoms with E-state index in [9.17, 15) is 9.59 Å². The molecule has 2 aliphatic rings. The molecule has 0 radical (unpaired) electrons. The fraction of sp³-hybridized carbons (Fsp3) is 0.440. The van der Waals surface area contributed by atoms with Crippen LogP contribution in [-0.2, 0) is 9.59 Å². The van der Waals surface area contributed by atoms with E-state index in [4.69, 9.17) is 4.74 Å². The third-order valence-electron chi connectivity index (χ3n) is 6.18. The van der Waals surface area contributed by atoms with Crippen molar-refractivity contribution in [2.75, 3.05) is 43.0 Å². The predicted octanol–water partition coefficient (Wildman–Crippen LogP) is 3.93. The monoisotopic (exact) mass is 421 g/mol. The molecule has 0 unspecified atom stereocenters. The molecule has 0 atom stereocenters. The van der Waals surface area contributed by atoms with E-state index in [1.807, 2.05) is 59.5 Å². The number of para-hydroxylation sites is 1. The standard InChI is InChI=1S/C25H31N3O3/c29-24(19-31-23-9-5-2-6-10-23)26-21-11-13-22(14-12-21)27-15-17-28(18-16-27)25(30)20-7-3-1-4-8-20/h2,5-6,9-14,20H,1,3-4,7-8,15-19H2,(H,26,29). The van der Waals surface area contributed by atoms with Crippen LogP contribution in [-0.4, -0.2) is 49.5 Å². The van der Waals surface area contributed by atoms with Crippen LogP contribution >= 0.6 is 0 Å². The predicted molar refractivity (Wildman–Crippen MR) is 122 cm³/mol. The van der Waals surface area contributed by atoms with Crippen molar-refractivity contribution < 1.29 is 14.3 Å². The summed E-state index contributed by atoms with van der Waals surface area (Å²) in [5.74, 6) is 1.09. The molecule has 2 aromatic carbocycles. The summed E-state index contributed by atoms with van der Waals surface area (Å²) in [5.41, 5.74) is 1.86. The van der Waals surface area contributed by atoms with E-state index in [1.165, 1.54) is 19.3 Å². The third kappa shape index (κ3) is 5.78. The van der Waals surface area contributed by atoms with Gasteiger partial charge in [0, 0.05) is 43.5 Å². The van der Waals surface area contributed by atoms with Crippen LogP contribution in [0.2, 0.25) is 0 Å². The number of benzene rings is 2. The van der Waals surface area contributed by atoms with Crippen molar-refractivity contribution in [3.63, 3.8) is 0 Å². The molecule has 0 spiro atoms. The first-order valence-electron chi connectivity index (χ1n) is 11.3. The lowest BCUT2D eigenvalue weighted by molar-refractivity contribution is -0.136. The summed E-state index contributed by atoms with van der Waals surface area (Å²) >= 11 is 0. The van der Waals surface area contributed by atoms with E-state index in [2.05, 4.69) is 10.2 Å². The molecule has 1 saturated carbocycles. The Morgan fingerprint density at radius 2 is 1.55 bits per heavy atom. The highest BCUT2D eigenvalue weighted by molar-refractivity contribution is 5.92. The Balaban J connectivity index is 1.23. The minimum atomic E-state index is -0.188. The second kappa shape index (κ2) is 10.3. The van der Waals surface area contributed by atoms with Crippen molar-refractivity contribution in [2.45, 2.75) is 32.1 Å². The van der Waals surface area contributed by atoms with Crippen molar-refractivity contribution in [3.05, 3.63) is 54.6 Å². The molecule has 0 aromatic heterocycles. The number of anilines is 2. The summed E-state index contributed by atoms with van der Waals surface area (Å²) in [4.78, 5) is 29.2. The van der Waals surface area contributed by atoms with Crippen LogP contribution in [0.3, 0.4) is 0 Å². The van der Waals surface area contributed by atoms with Crippen LogP contribution < -0.4 is 15.0 Å². The first kappa shape index (κ1) is 21.2. The fourth-order valence-electron chi connectivity index (χ4n) is 4.41. The lowest BCUT2D eigenvalue weighted by Crippen LogP contribution is -2.50. The maximum atomic E-state index is 12.7. The average molecular weight is 422 g/mol. The van der Waals surface area contributed by atoms with Crippen molar-refractivity contribution in [1.29, 1.82) is 0 Å². The smallest absolute Gasteiger partial charge is 0.262 e. The van der Waals surface area contributed by atoms with Gasteiger partial charge in [0.1, 0.15) is 5.75 Å². The highest BCUT2D eigenvalue weighted by atomic mass is 16.5. The van der Waals surface area contributed by atoms with Gasteiger partial charge in [-0.2, -0.15) is 0 Å². The molecule has 6 nitrogen and oxygen atoms in total. The van der Waals surface area contributed by atoms with E-state index in [-0.39, 0.29) is 18.4 Å². The van der Waals surface area contributed by atoms with Gasteiger partial charge in [0.25, 0.3) is 5.91 Å². The quantitative estimate of drug-likeness (QED) is 0.768. The van der Waals surface area contributed by atoms with E-state index in [0.717, 1.165) is 50.4 Å². The van der Waals surface area contributed by atoms with Gasteiger partial charge >= 0.3 is 0 Å². The van der Waals surface area contributed by atoms with Gasteiger partial charge in [-0.25, -0.2) is 0 Å². The zero-order valence-electron chi connectivity index (χ0n) is 18.0. The van der Waals surface area contributed by atoms with Gasteiger partial charge in [0.2, 0.25) is 5.91 Å². The molecular formula is C25H31N3O3. The topological polar surface area (TPSA) is 61.9 Å². The molecular weight excluding hydrogens is 390 g/mol. The Bertz CT molecular complexity index is 855. The van der Waals surface area contributed by atoms with Gasteiger partial charge in [-0.3, -0.25) is 9.59 Å². The molecule has 1 aliphatic heterocycles. The normalized spacial score (nSPS) is 17.3. The number of hydrogen-bond acceptors (Lipinski definition) is 4. The first-order valence-corrected chi connectivity index (χ1v) is 11.3. The van der Waals surface area contributed by atoms with Crippen molar-refractivity contribution in [2.24, 2.45) is 5.92 Å². The molecule has 1 heterocycles. The molecule has 2 fully saturated rings. The maximum Gasteiger partial charge on any atom is 0.262 e. The minimum absolute atomic E-state index is 0.0251. The van der Waals surface area contributed by atoms with E-state index in [0.29, 0.717) is 11.7 Å². The van der Waals surface area contributed by atoms with Crippen LogP contribution in [0.25, 0.3) is 0 Å². The highest BCUT2D eigenvalue weighted by Gasteiger charge is 2.28. The first-order chi connectivity index (χ1) is 15.2. The molecule has 1 N–H and O–H groups in total. The Morgan fingerprint density at radius 1 is 0.871 bits per heavy atom. The van der Waals surface area contributed by atoms with Crippen LogP contribution in [0.15, 0.2) is 54.6 Å². The molecule has 6 heteroatoms. The van der Waals surface area contributed by atoms with Crippen LogP contribution in [0.5, 0.6) is 5.75 Å². The number of carbonyl (C=O) groups excluding carboxylic acids is 2. The number of nitrogens with zero attached hydrogens (tertiary/aromatic N) is 2. The largest absolute Gasteiger partial charge is 0.484 e. The van der Waals surface area contributed by atoms with Crippen molar-refractivity contribution >= 4 is 23.2 Å². The van der Waals surface area contributed by atoms with Crippen molar-refractivity contribution in [1.82, 2.24) is 4.90 Å². The number of rotatable bonds is 6. The summed E-state index contributed by atoms with van der Waals surface area (Å²) in [6, 6.07) is 17.2. The Morgan fingerprint density at radius 3 is 2.23 bits per heavy atom. The second-order valence-electron chi connectivity index (χ2n) is 8.34. The zero-order valence-corrected chi connectivity index (χ0v) is 18.0. The number of ether oxygens (including phenoxy) is 1. The van der Waals surface area contributed by atoms with Gasteiger partial charge in [-0.1, -0.05) is 37.5 Å². The molecule has 164 valence electrons.